The zero-order valence-corrected chi connectivity index (χ0v) is 11.1. The van der Waals surface area contributed by atoms with Gasteiger partial charge in [-0.1, -0.05) is 6.92 Å². The molecule has 0 aliphatic carbocycles. The molecule has 100 valence electrons. The number of nitrogens with one attached hydrogen (secondary N) is 1. The molecule has 0 saturated heterocycles. The zero-order valence-electron chi connectivity index (χ0n) is 11.1. The van der Waals surface area contributed by atoms with Gasteiger partial charge in [-0.3, -0.25) is 9.59 Å². The van der Waals surface area contributed by atoms with Crippen LogP contribution in [0.15, 0.2) is 0 Å². The first kappa shape index (κ1) is 15.9. The van der Waals surface area contributed by atoms with Crippen LogP contribution in [0.25, 0.3) is 0 Å². The minimum absolute atomic E-state index is 0.0397. The van der Waals surface area contributed by atoms with Gasteiger partial charge in [0.05, 0.1) is 11.5 Å². The second-order valence-corrected chi connectivity index (χ2v) is 5.13. The summed E-state index contributed by atoms with van der Waals surface area (Å²) >= 11 is 0. The fourth-order valence-corrected chi connectivity index (χ4v) is 1.09. The molecule has 0 aromatic heterocycles. The lowest BCUT2D eigenvalue weighted by Crippen LogP contribution is -2.32. The number of carbonyl (C=O) groups is 2. The Kier molecular flexibility index (Phi) is 6.80. The maximum atomic E-state index is 11.3. The molecule has 0 radical (unpaired) electrons. The third kappa shape index (κ3) is 9.81. The summed E-state index contributed by atoms with van der Waals surface area (Å²) in [4.78, 5) is 21.8. The number of ether oxygens (including phenoxy) is 1. The Labute approximate surface area is 103 Å². The Morgan fingerprint density at radius 3 is 2.41 bits per heavy atom. The lowest BCUT2D eigenvalue weighted by atomic mass is 10.1. The molecule has 0 bridgehead atoms. The quantitative estimate of drug-likeness (QED) is 0.665. The second-order valence-electron chi connectivity index (χ2n) is 5.13. The summed E-state index contributed by atoms with van der Waals surface area (Å²) in [5, 5.41) is 11.3. The van der Waals surface area contributed by atoms with E-state index in [0.29, 0.717) is 19.4 Å². The van der Waals surface area contributed by atoms with Crippen LogP contribution in [0.3, 0.4) is 0 Å². The standard InChI is InChI=1S/C12H23NO4/c1-9(11(15)16)6-5-7-13-10(14)8-17-12(2,3)4/h9H,5-8H2,1-4H3,(H,13,14)(H,15,16). The fourth-order valence-electron chi connectivity index (χ4n) is 1.09. The van der Waals surface area contributed by atoms with Crippen LogP contribution in [0.4, 0.5) is 0 Å². The van der Waals surface area contributed by atoms with Gasteiger partial charge in [-0.2, -0.15) is 0 Å². The van der Waals surface area contributed by atoms with Gasteiger partial charge < -0.3 is 15.2 Å². The maximum Gasteiger partial charge on any atom is 0.306 e. The Balaban J connectivity index is 3.56. The lowest BCUT2D eigenvalue weighted by Gasteiger charge is -2.19. The van der Waals surface area contributed by atoms with E-state index >= 15 is 0 Å². The first-order valence-electron chi connectivity index (χ1n) is 5.86. The molecule has 1 amide bonds. The normalized spacial score (nSPS) is 13.2. The molecule has 1 atom stereocenters. The second kappa shape index (κ2) is 7.27. The number of hydrogen-bond acceptors (Lipinski definition) is 3. The topological polar surface area (TPSA) is 75.6 Å². The summed E-state index contributed by atoms with van der Waals surface area (Å²) in [6.07, 6.45) is 1.23. The molecule has 0 aromatic rings. The highest BCUT2D eigenvalue weighted by atomic mass is 16.5. The van der Waals surface area contributed by atoms with E-state index in [9.17, 15) is 9.59 Å². The predicted molar refractivity (Wildman–Crippen MR) is 64.7 cm³/mol. The average Bonchev–Trinajstić information content (AvgIpc) is 2.20. The van der Waals surface area contributed by atoms with Crippen LogP contribution in [-0.2, 0) is 14.3 Å². The molecule has 0 saturated carbocycles. The summed E-state index contributed by atoms with van der Waals surface area (Å²) in [7, 11) is 0. The highest BCUT2D eigenvalue weighted by Crippen LogP contribution is 2.06. The highest BCUT2D eigenvalue weighted by molar-refractivity contribution is 5.77. The largest absolute Gasteiger partial charge is 0.481 e. The summed E-state index contributed by atoms with van der Waals surface area (Å²) in [5.74, 6) is -1.33. The van der Waals surface area contributed by atoms with E-state index < -0.39 is 5.97 Å². The molecule has 0 aromatic carbocycles. The number of carboxylic acids is 1. The van der Waals surface area contributed by atoms with Crippen molar-refractivity contribution in [1.82, 2.24) is 5.32 Å². The van der Waals surface area contributed by atoms with Crippen LogP contribution >= 0.6 is 0 Å². The van der Waals surface area contributed by atoms with Gasteiger partial charge in [-0.05, 0) is 33.6 Å². The van der Waals surface area contributed by atoms with Gasteiger partial charge in [0.2, 0.25) is 5.91 Å². The molecule has 5 heteroatoms. The minimum Gasteiger partial charge on any atom is -0.481 e. The Bertz CT molecular complexity index is 258. The van der Waals surface area contributed by atoms with Crippen LogP contribution in [0.5, 0.6) is 0 Å². The van der Waals surface area contributed by atoms with E-state index in [2.05, 4.69) is 5.32 Å². The van der Waals surface area contributed by atoms with Crippen molar-refractivity contribution >= 4 is 11.9 Å². The van der Waals surface area contributed by atoms with E-state index in [4.69, 9.17) is 9.84 Å². The van der Waals surface area contributed by atoms with Gasteiger partial charge in [0.15, 0.2) is 0 Å². The monoisotopic (exact) mass is 245 g/mol. The molecular weight excluding hydrogens is 222 g/mol. The van der Waals surface area contributed by atoms with Gasteiger partial charge >= 0.3 is 5.97 Å². The maximum absolute atomic E-state index is 11.3. The number of hydrogen-bond donors (Lipinski definition) is 2. The predicted octanol–water partition coefficient (Wildman–Crippen LogP) is 1.42. The molecule has 0 spiro atoms. The summed E-state index contributed by atoms with van der Waals surface area (Å²) in [6, 6.07) is 0. The molecule has 0 fully saturated rings. The molecule has 0 aliphatic heterocycles. The molecule has 0 rings (SSSR count). The van der Waals surface area contributed by atoms with Gasteiger partial charge in [0.25, 0.3) is 0 Å². The molecule has 0 aliphatic rings. The summed E-state index contributed by atoms with van der Waals surface area (Å²) in [5.41, 5.74) is -0.324. The first-order valence-corrected chi connectivity index (χ1v) is 5.86. The van der Waals surface area contributed by atoms with Crippen molar-refractivity contribution in [1.29, 1.82) is 0 Å². The number of carboxylic acid groups (broad SMARTS) is 1. The van der Waals surface area contributed by atoms with Crippen molar-refractivity contribution in [3.63, 3.8) is 0 Å². The minimum atomic E-state index is -0.799. The summed E-state index contributed by atoms with van der Waals surface area (Å²) in [6.45, 7) is 7.84. The molecule has 5 nitrogen and oxygen atoms in total. The SMILES string of the molecule is CC(CCCNC(=O)COC(C)(C)C)C(=O)O. The van der Waals surface area contributed by atoms with E-state index in [1.807, 2.05) is 20.8 Å². The van der Waals surface area contributed by atoms with Crippen LogP contribution in [0.2, 0.25) is 0 Å². The number of aliphatic carboxylic acids is 1. The van der Waals surface area contributed by atoms with Gasteiger partial charge in [-0.15, -0.1) is 0 Å². The van der Waals surface area contributed by atoms with E-state index in [0.717, 1.165) is 0 Å². The zero-order chi connectivity index (χ0) is 13.5. The van der Waals surface area contributed by atoms with Gasteiger partial charge in [0.1, 0.15) is 6.61 Å². The first-order chi connectivity index (χ1) is 7.72. The Hall–Kier alpha value is -1.10. The van der Waals surface area contributed by atoms with Crippen LogP contribution in [0, 0.1) is 5.92 Å². The molecule has 1 unspecified atom stereocenters. The smallest absolute Gasteiger partial charge is 0.306 e. The highest BCUT2D eigenvalue weighted by Gasteiger charge is 2.13. The van der Waals surface area contributed by atoms with E-state index in [-0.39, 0.29) is 24.0 Å². The van der Waals surface area contributed by atoms with Crippen molar-refractivity contribution in [3.05, 3.63) is 0 Å². The molecule has 2 N–H and O–H groups in total. The molecule has 17 heavy (non-hydrogen) atoms. The molecular formula is C12H23NO4. The lowest BCUT2D eigenvalue weighted by molar-refractivity contribution is -0.141. The average molecular weight is 245 g/mol. The molecule has 0 heterocycles. The Morgan fingerprint density at radius 1 is 1.35 bits per heavy atom. The number of carbonyl (C=O) groups excluding carboxylic acids is 1. The van der Waals surface area contributed by atoms with Crippen molar-refractivity contribution in [2.24, 2.45) is 5.92 Å². The third-order valence-corrected chi connectivity index (χ3v) is 2.19. The van der Waals surface area contributed by atoms with E-state index in [1.165, 1.54) is 0 Å². The Morgan fingerprint density at radius 2 is 1.94 bits per heavy atom. The fraction of sp³-hybridized carbons (Fsp3) is 0.833. The summed E-state index contributed by atoms with van der Waals surface area (Å²) < 4.78 is 5.30. The van der Waals surface area contributed by atoms with E-state index in [1.54, 1.807) is 6.92 Å². The van der Waals surface area contributed by atoms with Crippen molar-refractivity contribution < 1.29 is 19.4 Å². The van der Waals surface area contributed by atoms with Crippen molar-refractivity contribution in [2.45, 2.75) is 46.1 Å². The van der Waals surface area contributed by atoms with Crippen LogP contribution in [-0.4, -0.2) is 35.7 Å². The van der Waals surface area contributed by atoms with Gasteiger partial charge in [0, 0.05) is 6.54 Å². The van der Waals surface area contributed by atoms with Gasteiger partial charge in [-0.25, -0.2) is 0 Å². The van der Waals surface area contributed by atoms with Crippen molar-refractivity contribution in [3.8, 4) is 0 Å². The van der Waals surface area contributed by atoms with Crippen LogP contribution in [0.1, 0.15) is 40.5 Å². The van der Waals surface area contributed by atoms with Crippen molar-refractivity contribution in [2.75, 3.05) is 13.2 Å². The number of rotatable bonds is 7. The van der Waals surface area contributed by atoms with Crippen LogP contribution < -0.4 is 5.32 Å². The number of amides is 1. The third-order valence-electron chi connectivity index (χ3n) is 2.19.